The minimum atomic E-state index is -0.946. The number of furan rings is 1. The van der Waals surface area contributed by atoms with E-state index < -0.39 is 11.6 Å². The highest BCUT2D eigenvalue weighted by molar-refractivity contribution is 6.14. The average molecular weight is 351 g/mol. The predicted octanol–water partition coefficient (Wildman–Crippen LogP) is 4.11. The molecule has 26 heavy (non-hydrogen) atoms. The first-order valence-electron chi connectivity index (χ1n) is 7.89. The number of rotatable bonds is 1. The Kier molecular flexibility index (Phi) is 2.86. The van der Waals surface area contributed by atoms with Crippen LogP contribution in [0.4, 0.5) is 8.78 Å². The fourth-order valence-corrected chi connectivity index (χ4v) is 3.30. The summed E-state index contributed by atoms with van der Waals surface area (Å²) in [6, 6.07) is 8.19. The maximum absolute atomic E-state index is 13.9. The van der Waals surface area contributed by atoms with Gasteiger partial charge in [0, 0.05) is 35.6 Å². The van der Waals surface area contributed by atoms with Crippen LogP contribution >= 0.6 is 0 Å². The summed E-state index contributed by atoms with van der Waals surface area (Å²) in [6.07, 6.45) is 1.73. The first kappa shape index (κ1) is 14.8. The molecule has 5 rings (SSSR count). The average Bonchev–Trinajstić information content (AvgIpc) is 3.16. The molecule has 0 saturated carbocycles. The van der Waals surface area contributed by atoms with Crippen LogP contribution in [-0.4, -0.2) is 14.8 Å². The minimum Gasteiger partial charge on any atom is -0.454 e. The molecular weight excluding hydrogens is 340 g/mol. The Morgan fingerprint density at radius 1 is 1.08 bits per heavy atom. The SMILES string of the molecule is Cn1[nH]cc2c(-c3ccc(F)c(F)c3)c3oc4cc(=O)ccc4c3nc21. The standard InChI is InChI=1S/C19H11F2N3O2/c1-24-19-12(8-22-24)16(9-2-5-13(20)14(21)6-9)18-17(23-19)11-4-3-10(25)7-15(11)26-18/h2-8,22H,1H3. The summed E-state index contributed by atoms with van der Waals surface area (Å²) in [5, 5.41) is 4.42. The van der Waals surface area contributed by atoms with Gasteiger partial charge in [0.2, 0.25) is 0 Å². The summed E-state index contributed by atoms with van der Waals surface area (Å²) in [7, 11) is 1.80. The van der Waals surface area contributed by atoms with Gasteiger partial charge in [-0.1, -0.05) is 6.07 Å². The zero-order valence-corrected chi connectivity index (χ0v) is 13.5. The normalized spacial score (nSPS) is 11.8. The van der Waals surface area contributed by atoms with E-state index in [0.717, 1.165) is 12.1 Å². The summed E-state index contributed by atoms with van der Waals surface area (Å²) in [5.41, 5.74) is 2.89. The zero-order valence-electron chi connectivity index (χ0n) is 13.5. The van der Waals surface area contributed by atoms with Crippen LogP contribution in [-0.2, 0) is 7.05 Å². The van der Waals surface area contributed by atoms with Gasteiger partial charge in [0.1, 0.15) is 11.1 Å². The highest BCUT2D eigenvalue weighted by Crippen LogP contribution is 2.39. The van der Waals surface area contributed by atoms with Crippen LogP contribution in [0.5, 0.6) is 0 Å². The van der Waals surface area contributed by atoms with Crippen LogP contribution in [0.3, 0.4) is 0 Å². The highest BCUT2D eigenvalue weighted by Gasteiger charge is 2.20. The van der Waals surface area contributed by atoms with E-state index >= 15 is 0 Å². The maximum Gasteiger partial charge on any atom is 0.182 e. The predicted molar refractivity (Wildman–Crippen MR) is 94.0 cm³/mol. The molecule has 0 aliphatic rings. The van der Waals surface area contributed by atoms with Crippen molar-refractivity contribution in [3.63, 3.8) is 0 Å². The number of aromatic amines is 1. The van der Waals surface area contributed by atoms with E-state index in [1.54, 1.807) is 24.0 Å². The number of nitrogens with zero attached hydrogens (tertiary/aromatic N) is 2. The number of fused-ring (bicyclic) bond motifs is 4. The number of aryl methyl sites for hydroxylation is 1. The molecule has 0 aliphatic carbocycles. The minimum absolute atomic E-state index is 0.177. The van der Waals surface area contributed by atoms with Gasteiger partial charge >= 0.3 is 0 Å². The van der Waals surface area contributed by atoms with Crippen LogP contribution in [0, 0.1) is 11.6 Å². The van der Waals surface area contributed by atoms with Gasteiger partial charge in [0.15, 0.2) is 28.3 Å². The number of aromatic nitrogens is 3. The molecule has 0 spiro atoms. The summed E-state index contributed by atoms with van der Waals surface area (Å²) < 4.78 is 34.9. The van der Waals surface area contributed by atoms with Crippen molar-refractivity contribution >= 4 is 33.1 Å². The Labute approximate surface area is 144 Å². The van der Waals surface area contributed by atoms with Crippen LogP contribution in [0.15, 0.2) is 51.8 Å². The molecule has 7 heteroatoms. The third-order valence-electron chi connectivity index (χ3n) is 4.52. The van der Waals surface area contributed by atoms with Crippen molar-refractivity contribution in [1.82, 2.24) is 14.8 Å². The largest absolute Gasteiger partial charge is 0.454 e. The summed E-state index contributed by atoms with van der Waals surface area (Å²) in [4.78, 5) is 16.3. The third-order valence-corrected chi connectivity index (χ3v) is 4.52. The second-order valence-electron chi connectivity index (χ2n) is 6.12. The van der Waals surface area contributed by atoms with E-state index in [2.05, 4.69) is 10.1 Å². The molecule has 0 aliphatic heterocycles. The Morgan fingerprint density at radius 3 is 2.73 bits per heavy atom. The molecule has 3 heterocycles. The lowest BCUT2D eigenvalue weighted by atomic mass is 10.0. The van der Waals surface area contributed by atoms with Crippen molar-refractivity contribution in [2.75, 3.05) is 0 Å². The quantitative estimate of drug-likeness (QED) is 0.494. The Morgan fingerprint density at radius 2 is 1.92 bits per heavy atom. The fourth-order valence-electron chi connectivity index (χ4n) is 3.30. The van der Waals surface area contributed by atoms with Crippen molar-refractivity contribution in [2.45, 2.75) is 0 Å². The van der Waals surface area contributed by atoms with Crippen molar-refractivity contribution in [3.05, 3.63) is 64.5 Å². The van der Waals surface area contributed by atoms with Gasteiger partial charge < -0.3 is 9.52 Å². The molecule has 0 amide bonds. The monoisotopic (exact) mass is 351 g/mol. The fraction of sp³-hybridized carbons (Fsp3) is 0.0526. The summed E-state index contributed by atoms with van der Waals surface area (Å²) in [6.45, 7) is 0. The molecule has 0 radical (unpaired) electrons. The van der Waals surface area contributed by atoms with Crippen LogP contribution in [0.25, 0.3) is 44.2 Å². The molecule has 0 atom stereocenters. The van der Waals surface area contributed by atoms with Gasteiger partial charge in [-0.2, -0.15) is 0 Å². The molecule has 0 bridgehead atoms. The number of pyridine rings is 1. The second kappa shape index (κ2) is 5.01. The summed E-state index contributed by atoms with van der Waals surface area (Å²) >= 11 is 0. The molecule has 128 valence electrons. The molecule has 5 nitrogen and oxygen atoms in total. The van der Waals surface area contributed by atoms with Gasteiger partial charge in [-0.25, -0.2) is 13.8 Å². The van der Waals surface area contributed by atoms with Crippen molar-refractivity contribution in [2.24, 2.45) is 7.05 Å². The lowest BCUT2D eigenvalue weighted by Gasteiger charge is -2.06. The maximum atomic E-state index is 13.9. The van der Waals surface area contributed by atoms with Crippen LogP contribution < -0.4 is 5.43 Å². The number of H-pyrrole nitrogens is 1. The van der Waals surface area contributed by atoms with Crippen molar-refractivity contribution in [1.29, 1.82) is 0 Å². The molecule has 2 aromatic carbocycles. The Hall–Kier alpha value is -3.48. The Bertz CT molecular complexity index is 1400. The molecule has 5 aromatic rings. The van der Waals surface area contributed by atoms with Crippen LogP contribution in [0.1, 0.15) is 0 Å². The third kappa shape index (κ3) is 1.94. The molecule has 0 saturated heterocycles. The van der Waals surface area contributed by atoms with E-state index in [0.29, 0.717) is 44.2 Å². The van der Waals surface area contributed by atoms with E-state index in [1.165, 1.54) is 18.2 Å². The number of nitrogens with one attached hydrogen (secondary N) is 1. The molecule has 1 N–H and O–H groups in total. The molecule has 0 unspecified atom stereocenters. The van der Waals surface area contributed by atoms with E-state index in [-0.39, 0.29) is 5.43 Å². The van der Waals surface area contributed by atoms with Gasteiger partial charge in [-0.15, -0.1) is 0 Å². The number of hydrogen-bond acceptors (Lipinski definition) is 3. The Balaban J connectivity index is 2.02. The van der Waals surface area contributed by atoms with Crippen LogP contribution in [0.2, 0.25) is 0 Å². The topological polar surface area (TPSA) is 63.8 Å². The van der Waals surface area contributed by atoms with Gasteiger partial charge in [0.05, 0.1) is 0 Å². The van der Waals surface area contributed by atoms with Gasteiger partial charge in [0.25, 0.3) is 0 Å². The van der Waals surface area contributed by atoms with Crippen molar-refractivity contribution < 1.29 is 13.2 Å². The number of benzene rings is 2. The number of halogens is 2. The van der Waals surface area contributed by atoms with Crippen molar-refractivity contribution in [3.8, 4) is 11.1 Å². The van der Waals surface area contributed by atoms with E-state index in [4.69, 9.17) is 4.42 Å². The van der Waals surface area contributed by atoms with Gasteiger partial charge in [-0.3, -0.25) is 9.48 Å². The summed E-state index contributed by atoms with van der Waals surface area (Å²) in [5.74, 6) is -1.87. The van der Waals surface area contributed by atoms with Gasteiger partial charge in [-0.05, 0) is 29.8 Å². The lowest BCUT2D eigenvalue weighted by Crippen LogP contribution is -1.94. The smallest absolute Gasteiger partial charge is 0.182 e. The van der Waals surface area contributed by atoms with E-state index in [1.807, 2.05) is 0 Å². The first-order valence-corrected chi connectivity index (χ1v) is 7.89. The highest BCUT2D eigenvalue weighted by atomic mass is 19.2. The number of hydrogen-bond donors (Lipinski definition) is 1. The lowest BCUT2D eigenvalue weighted by molar-refractivity contribution is 0.509. The molecule has 3 aromatic heterocycles. The molecular formula is C19H11F2N3O2. The van der Waals surface area contributed by atoms with E-state index in [9.17, 15) is 13.6 Å². The zero-order chi connectivity index (χ0) is 18.0. The molecule has 0 fully saturated rings. The first-order chi connectivity index (χ1) is 12.5. The second-order valence-corrected chi connectivity index (χ2v) is 6.12.